The first-order valence-electron chi connectivity index (χ1n) is 9.46. The van der Waals surface area contributed by atoms with Crippen LogP contribution >= 0.6 is 0 Å². The minimum atomic E-state index is -0.588. The number of aryl methyl sites for hydroxylation is 1. The van der Waals surface area contributed by atoms with Crippen LogP contribution in [0.5, 0.6) is 0 Å². The van der Waals surface area contributed by atoms with Gasteiger partial charge in [0.1, 0.15) is 11.9 Å². The highest BCUT2D eigenvalue weighted by Gasteiger charge is 2.53. The van der Waals surface area contributed by atoms with E-state index in [1.165, 1.54) is 29.1 Å². The summed E-state index contributed by atoms with van der Waals surface area (Å²) in [6.45, 7) is 2.23. The predicted octanol–water partition coefficient (Wildman–Crippen LogP) is 1.45. The number of fused-ring (bicyclic) bond motifs is 3. The quantitative estimate of drug-likeness (QED) is 0.825. The van der Waals surface area contributed by atoms with E-state index in [0.29, 0.717) is 18.3 Å². The summed E-state index contributed by atoms with van der Waals surface area (Å²) in [5, 5.41) is 9.07. The Morgan fingerprint density at radius 1 is 1.27 bits per heavy atom. The molecule has 0 radical (unpaired) electrons. The van der Waals surface area contributed by atoms with Crippen LogP contribution in [0.2, 0.25) is 0 Å². The second-order valence-corrected chi connectivity index (χ2v) is 7.42. The first-order chi connectivity index (χ1) is 12.5. The second kappa shape index (κ2) is 6.50. The van der Waals surface area contributed by atoms with Crippen LogP contribution in [0.15, 0.2) is 11.2 Å². The summed E-state index contributed by atoms with van der Waals surface area (Å²) in [5.74, 6) is 1.01. The van der Waals surface area contributed by atoms with Gasteiger partial charge < -0.3 is 5.11 Å². The van der Waals surface area contributed by atoms with Gasteiger partial charge in [-0.25, -0.2) is 13.9 Å². The third-order valence-electron chi connectivity index (χ3n) is 5.73. The molecule has 3 amide bonds. The fraction of sp³-hybridized carbons (Fsp3) is 0.667. The number of amidine groups is 1. The molecule has 1 N–H and O–H groups in total. The number of likely N-dealkylation sites (N-methyl/N-ethyl adjacent to an activating group) is 1. The van der Waals surface area contributed by atoms with Crippen molar-refractivity contribution in [2.75, 3.05) is 20.2 Å². The Labute approximate surface area is 152 Å². The third kappa shape index (κ3) is 2.46. The van der Waals surface area contributed by atoms with Crippen LogP contribution in [0, 0.1) is 6.92 Å². The maximum absolute atomic E-state index is 13.0. The Balaban J connectivity index is 1.73. The Morgan fingerprint density at radius 2 is 2.00 bits per heavy atom. The lowest BCUT2D eigenvalue weighted by Crippen LogP contribution is -2.62. The highest BCUT2D eigenvalue weighted by Crippen LogP contribution is 2.36. The van der Waals surface area contributed by atoms with Gasteiger partial charge in [0, 0.05) is 20.2 Å². The van der Waals surface area contributed by atoms with E-state index in [-0.39, 0.29) is 25.1 Å². The number of hydrogen-bond acceptors (Lipinski definition) is 4. The number of aliphatic imine (C=N–C) groups is 1. The Kier molecular flexibility index (Phi) is 4.30. The van der Waals surface area contributed by atoms with Gasteiger partial charge in [-0.3, -0.25) is 14.6 Å². The summed E-state index contributed by atoms with van der Waals surface area (Å²) in [7, 11) is 1.66. The maximum Gasteiger partial charge on any atom is 0.402 e. The van der Waals surface area contributed by atoms with E-state index < -0.39 is 6.04 Å². The Hall–Kier alpha value is -2.22. The van der Waals surface area contributed by atoms with Crippen molar-refractivity contribution in [1.82, 2.24) is 14.4 Å². The minimum Gasteiger partial charge on any atom is -0.396 e. The normalized spacial score (nSPS) is 23.3. The lowest BCUT2D eigenvalue weighted by atomic mass is 9.95. The topological polar surface area (TPSA) is 82.0 Å². The number of nitrogens with zero attached hydrogens (tertiary/aromatic N) is 5. The summed E-state index contributed by atoms with van der Waals surface area (Å²) < 4.78 is 4.16. The molecule has 0 aromatic carbocycles. The number of carbonyl (C=O) groups is 2. The van der Waals surface area contributed by atoms with Gasteiger partial charge in [0.05, 0.1) is 6.04 Å². The first-order valence-corrected chi connectivity index (χ1v) is 9.46. The number of imidazole rings is 1. The van der Waals surface area contributed by atoms with E-state index in [0.717, 1.165) is 24.5 Å². The fourth-order valence-electron chi connectivity index (χ4n) is 4.43. The van der Waals surface area contributed by atoms with Gasteiger partial charge in [0.15, 0.2) is 0 Å². The molecule has 0 spiro atoms. The number of carbonyl (C=O) groups excluding carboxylic acids is 2. The van der Waals surface area contributed by atoms with Crippen molar-refractivity contribution in [3.63, 3.8) is 0 Å². The van der Waals surface area contributed by atoms with Gasteiger partial charge in [-0.15, -0.1) is 0 Å². The number of aliphatic hydroxyl groups is 1. The van der Waals surface area contributed by atoms with Gasteiger partial charge in [-0.05, 0) is 39.0 Å². The molecule has 2 aliphatic heterocycles. The molecule has 26 heavy (non-hydrogen) atoms. The van der Waals surface area contributed by atoms with E-state index in [4.69, 9.17) is 10.1 Å². The van der Waals surface area contributed by atoms with Crippen molar-refractivity contribution in [2.24, 2.45) is 4.99 Å². The lowest BCUT2D eigenvalue weighted by Gasteiger charge is -2.32. The van der Waals surface area contributed by atoms with E-state index in [1.54, 1.807) is 7.05 Å². The van der Waals surface area contributed by atoms with Crippen LogP contribution in [0.1, 0.15) is 56.3 Å². The molecule has 0 bridgehead atoms. The molecule has 8 nitrogen and oxygen atoms in total. The monoisotopic (exact) mass is 360 g/mol. The standard InChI is InChI=1S/C18H26N5O3/c1-12-11-22-14-15(19-17(22)23(12)13-7-4-3-5-8-13)20(2)18(26)21(16(14)25)9-6-10-24/h11,13-14,24H,3-10H2,1-2H3/q+1. The SMILES string of the molecule is Cc1c[n+]2c(n1C1CCCCC1)N=C1C2C(=O)N(CCCO)C(=O)N1C. The van der Waals surface area contributed by atoms with Crippen molar-refractivity contribution < 1.29 is 19.3 Å². The number of aromatic nitrogens is 2. The molecule has 3 heterocycles. The Morgan fingerprint density at radius 3 is 2.69 bits per heavy atom. The second-order valence-electron chi connectivity index (χ2n) is 7.42. The number of imide groups is 1. The zero-order valence-electron chi connectivity index (χ0n) is 15.4. The van der Waals surface area contributed by atoms with Crippen LogP contribution in [-0.4, -0.2) is 57.4 Å². The number of urea groups is 1. The molecule has 1 unspecified atom stereocenters. The molecule has 1 aromatic rings. The summed E-state index contributed by atoms with van der Waals surface area (Å²) >= 11 is 0. The van der Waals surface area contributed by atoms with Gasteiger partial charge in [-0.2, -0.15) is 0 Å². The molecule has 4 rings (SSSR count). The predicted molar refractivity (Wildman–Crippen MR) is 94.2 cm³/mol. The van der Waals surface area contributed by atoms with Crippen LogP contribution in [0.4, 0.5) is 10.7 Å². The molecule has 3 aliphatic rings. The van der Waals surface area contributed by atoms with Crippen molar-refractivity contribution in [2.45, 2.75) is 57.5 Å². The fourth-order valence-corrected chi connectivity index (χ4v) is 4.43. The molecule has 2 fully saturated rings. The summed E-state index contributed by atoms with van der Waals surface area (Å²) in [4.78, 5) is 33.0. The van der Waals surface area contributed by atoms with Gasteiger partial charge >= 0.3 is 12.0 Å². The van der Waals surface area contributed by atoms with Crippen LogP contribution in [0.25, 0.3) is 0 Å². The number of hydrogen-bond donors (Lipinski definition) is 1. The van der Waals surface area contributed by atoms with Crippen molar-refractivity contribution in [1.29, 1.82) is 0 Å². The summed E-state index contributed by atoms with van der Waals surface area (Å²) in [5.41, 5.74) is 1.10. The van der Waals surface area contributed by atoms with Crippen molar-refractivity contribution in [3.05, 3.63) is 11.9 Å². The summed E-state index contributed by atoms with van der Waals surface area (Å²) in [6, 6.07) is -0.550. The van der Waals surface area contributed by atoms with Crippen molar-refractivity contribution in [3.8, 4) is 0 Å². The maximum atomic E-state index is 13.0. The molecule has 1 saturated carbocycles. The van der Waals surface area contributed by atoms with Crippen molar-refractivity contribution >= 4 is 23.7 Å². The van der Waals surface area contributed by atoms with Gasteiger partial charge in [0.25, 0.3) is 5.91 Å². The molecule has 1 aliphatic carbocycles. The zero-order chi connectivity index (χ0) is 18.4. The van der Waals surface area contributed by atoms with E-state index in [1.807, 2.05) is 10.8 Å². The van der Waals surface area contributed by atoms with Crippen LogP contribution < -0.4 is 4.57 Å². The highest BCUT2D eigenvalue weighted by atomic mass is 16.3. The molecule has 1 atom stereocenters. The zero-order valence-corrected chi connectivity index (χ0v) is 15.4. The van der Waals surface area contributed by atoms with Crippen LogP contribution in [0.3, 0.4) is 0 Å². The van der Waals surface area contributed by atoms with Crippen LogP contribution in [-0.2, 0) is 4.79 Å². The van der Waals surface area contributed by atoms with Gasteiger partial charge in [-0.1, -0.05) is 11.4 Å². The average molecular weight is 360 g/mol. The lowest BCUT2D eigenvalue weighted by molar-refractivity contribution is -0.677. The number of aliphatic hydroxyl groups excluding tert-OH is 1. The summed E-state index contributed by atoms with van der Waals surface area (Å²) in [6.07, 6.45) is 8.33. The van der Waals surface area contributed by atoms with E-state index >= 15 is 0 Å². The molecule has 140 valence electrons. The molecule has 8 heteroatoms. The average Bonchev–Trinajstić information content (AvgIpc) is 3.15. The molecule has 1 aromatic heterocycles. The largest absolute Gasteiger partial charge is 0.402 e. The molecular weight excluding hydrogens is 334 g/mol. The third-order valence-corrected chi connectivity index (χ3v) is 5.73. The number of amides is 3. The number of rotatable bonds is 4. The van der Waals surface area contributed by atoms with Gasteiger partial charge in [0.2, 0.25) is 11.9 Å². The van der Waals surface area contributed by atoms with E-state index in [9.17, 15) is 9.59 Å². The van der Waals surface area contributed by atoms with E-state index in [2.05, 4.69) is 11.5 Å². The first kappa shape index (κ1) is 17.2. The smallest absolute Gasteiger partial charge is 0.396 e. The minimum absolute atomic E-state index is 0.0536. The highest BCUT2D eigenvalue weighted by molar-refractivity contribution is 6.19. The molecule has 1 saturated heterocycles. The molecular formula is C18H26N5O3+. The Bertz CT molecular complexity index is 778.